The number of hydrogen-bond donors (Lipinski definition) is 2. The maximum absolute atomic E-state index is 11.0. The highest BCUT2D eigenvalue weighted by atomic mass is 35.5. The third-order valence-electron chi connectivity index (χ3n) is 4.39. The van der Waals surface area contributed by atoms with Crippen molar-refractivity contribution in [2.24, 2.45) is 0 Å². The van der Waals surface area contributed by atoms with E-state index in [0.717, 1.165) is 19.3 Å². The van der Waals surface area contributed by atoms with E-state index in [4.69, 9.17) is 22.1 Å². The second kappa shape index (κ2) is 6.83. The van der Waals surface area contributed by atoms with E-state index in [9.17, 15) is 5.11 Å². The maximum atomic E-state index is 11.0. The number of nitrogens with two attached hydrogens (primary N) is 1. The summed E-state index contributed by atoms with van der Waals surface area (Å²) in [4.78, 5) is 10.0. The number of nitrogens with zero attached hydrogens (tertiary/aromatic N) is 3. The molecule has 3 rings (SSSR count). The lowest BCUT2D eigenvalue weighted by Crippen LogP contribution is -2.48. The summed E-state index contributed by atoms with van der Waals surface area (Å²) >= 11 is 5.90. The van der Waals surface area contributed by atoms with Gasteiger partial charge in [0, 0.05) is 12.1 Å². The molecule has 3 N–H and O–H groups in total. The van der Waals surface area contributed by atoms with Crippen molar-refractivity contribution in [2.45, 2.75) is 37.8 Å². The molecule has 1 aromatic heterocycles. The molecule has 7 heteroatoms. The lowest BCUT2D eigenvalue weighted by atomic mass is 9.90. The van der Waals surface area contributed by atoms with Crippen molar-refractivity contribution in [3.63, 3.8) is 0 Å². The van der Waals surface area contributed by atoms with Crippen molar-refractivity contribution in [3.8, 4) is 11.5 Å². The lowest BCUT2D eigenvalue weighted by Gasteiger charge is -2.41. The number of halogens is 1. The van der Waals surface area contributed by atoms with Crippen LogP contribution >= 0.6 is 11.6 Å². The molecule has 0 radical (unpaired) electrons. The summed E-state index contributed by atoms with van der Waals surface area (Å²) in [5.74, 6) is 1.66. The van der Waals surface area contributed by atoms with Crippen LogP contribution in [0.4, 0.5) is 11.8 Å². The quantitative estimate of drug-likeness (QED) is 0.821. The van der Waals surface area contributed by atoms with Crippen LogP contribution in [-0.4, -0.2) is 27.8 Å². The van der Waals surface area contributed by atoms with Gasteiger partial charge < -0.3 is 20.5 Å². The van der Waals surface area contributed by atoms with Crippen molar-refractivity contribution >= 4 is 23.4 Å². The van der Waals surface area contributed by atoms with Crippen molar-refractivity contribution in [3.05, 3.63) is 35.5 Å². The van der Waals surface area contributed by atoms with E-state index < -0.39 is 5.72 Å². The van der Waals surface area contributed by atoms with Gasteiger partial charge in [-0.3, -0.25) is 0 Å². The number of nitrogen functional groups attached to an aromatic ring is 1. The Kier molecular flexibility index (Phi) is 4.78. The van der Waals surface area contributed by atoms with Crippen LogP contribution in [0.1, 0.15) is 32.1 Å². The molecule has 1 aliphatic carbocycles. The molecule has 1 heterocycles. The van der Waals surface area contributed by atoms with Gasteiger partial charge in [-0.05, 0) is 49.9 Å². The summed E-state index contributed by atoms with van der Waals surface area (Å²) in [7, 11) is 1.81. The highest BCUT2D eigenvalue weighted by Crippen LogP contribution is 2.38. The zero-order chi connectivity index (χ0) is 17.2. The fourth-order valence-electron chi connectivity index (χ4n) is 2.97. The average Bonchev–Trinajstić information content (AvgIpc) is 2.58. The van der Waals surface area contributed by atoms with Gasteiger partial charge in [0.1, 0.15) is 11.5 Å². The van der Waals surface area contributed by atoms with Crippen molar-refractivity contribution in [1.82, 2.24) is 9.97 Å². The Bertz CT molecular complexity index is 702. The van der Waals surface area contributed by atoms with Crippen molar-refractivity contribution in [2.75, 3.05) is 17.7 Å². The van der Waals surface area contributed by atoms with Gasteiger partial charge in [-0.2, -0.15) is 4.98 Å². The van der Waals surface area contributed by atoms with Crippen LogP contribution in [0.5, 0.6) is 11.5 Å². The van der Waals surface area contributed by atoms with Crippen LogP contribution < -0.4 is 15.4 Å². The van der Waals surface area contributed by atoms with Crippen molar-refractivity contribution < 1.29 is 9.84 Å². The van der Waals surface area contributed by atoms with Gasteiger partial charge in [0.15, 0.2) is 11.6 Å². The van der Waals surface area contributed by atoms with Crippen LogP contribution in [0, 0.1) is 0 Å². The second-order valence-corrected chi connectivity index (χ2v) is 6.51. The summed E-state index contributed by atoms with van der Waals surface area (Å²) in [5, 5.41) is 11.6. The second-order valence-electron chi connectivity index (χ2n) is 6.07. The Morgan fingerprint density at radius 2 is 1.88 bits per heavy atom. The first-order chi connectivity index (χ1) is 11.5. The average molecular weight is 349 g/mol. The molecule has 0 saturated heterocycles. The molecular formula is C17H21ClN4O2. The van der Waals surface area contributed by atoms with Crippen LogP contribution in [-0.2, 0) is 0 Å². The smallest absolute Gasteiger partial charge is 0.222 e. The van der Waals surface area contributed by atoms with E-state index in [1.807, 2.05) is 7.05 Å². The van der Waals surface area contributed by atoms with Gasteiger partial charge in [-0.25, -0.2) is 4.98 Å². The highest BCUT2D eigenvalue weighted by molar-refractivity contribution is 6.30. The molecule has 0 amide bonds. The molecule has 0 atom stereocenters. The first-order valence-corrected chi connectivity index (χ1v) is 8.38. The number of aliphatic hydroxyl groups is 1. The Hall–Kier alpha value is -2.05. The lowest BCUT2D eigenvalue weighted by molar-refractivity contribution is 0.00459. The molecule has 1 fully saturated rings. The molecule has 0 aliphatic heterocycles. The van der Waals surface area contributed by atoms with E-state index in [-0.39, 0.29) is 5.95 Å². The Morgan fingerprint density at radius 3 is 2.54 bits per heavy atom. The van der Waals surface area contributed by atoms with E-state index in [1.54, 1.807) is 29.2 Å². The minimum atomic E-state index is -0.947. The fourth-order valence-corrected chi connectivity index (χ4v) is 3.09. The first-order valence-electron chi connectivity index (χ1n) is 8.00. The van der Waals surface area contributed by atoms with Crippen LogP contribution in [0.25, 0.3) is 0 Å². The monoisotopic (exact) mass is 348 g/mol. The van der Waals surface area contributed by atoms with E-state index >= 15 is 0 Å². The molecule has 1 aliphatic rings. The first kappa shape index (κ1) is 16.8. The summed E-state index contributed by atoms with van der Waals surface area (Å²) < 4.78 is 5.88. The van der Waals surface area contributed by atoms with Gasteiger partial charge in [0.2, 0.25) is 5.95 Å². The molecule has 0 unspecified atom stereocenters. The molecule has 1 saturated carbocycles. The number of rotatable bonds is 4. The van der Waals surface area contributed by atoms with Crippen molar-refractivity contribution in [1.29, 1.82) is 0 Å². The number of ether oxygens (including phenoxy) is 1. The Labute approximate surface area is 146 Å². The minimum absolute atomic E-state index is 0.139. The molecule has 0 spiro atoms. The number of hydrogen-bond acceptors (Lipinski definition) is 6. The normalized spacial score (nSPS) is 16.6. The predicted molar refractivity (Wildman–Crippen MR) is 94.4 cm³/mol. The third-order valence-corrected chi connectivity index (χ3v) is 4.64. The van der Waals surface area contributed by atoms with E-state index in [0.29, 0.717) is 35.2 Å². The maximum Gasteiger partial charge on any atom is 0.222 e. The zero-order valence-corrected chi connectivity index (χ0v) is 14.3. The molecule has 6 nitrogen and oxygen atoms in total. The molecular weight excluding hydrogens is 328 g/mol. The number of anilines is 2. The minimum Gasteiger partial charge on any atom is -0.452 e. The van der Waals surface area contributed by atoms with E-state index in [1.165, 1.54) is 6.20 Å². The molecule has 1 aromatic carbocycles. The fraction of sp³-hybridized carbons (Fsp3) is 0.412. The van der Waals surface area contributed by atoms with Crippen LogP contribution in [0.15, 0.2) is 30.5 Å². The summed E-state index contributed by atoms with van der Waals surface area (Å²) in [6, 6.07) is 7.01. The third kappa shape index (κ3) is 3.55. The summed E-state index contributed by atoms with van der Waals surface area (Å²) in [6.07, 6.45) is 6.00. The van der Waals surface area contributed by atoms with Crippen LogP contribution in [0.2, 0.25) is 5.02 Å². The SMILES string of the molecule is CN(c1nc(N)ncc1Oc1ccc(Cl)cc1)C1(O)CCCCC1. The van der Waals surface area contributed by atoms with E-state index in [2.05, 4.69) is 9.97 Å². The summed E-state index contributed by atoms with van der Waals surface area (Å²) in [6.45, 7) is 0. The van der Waals surface area contributed by atoms with Gasteiger partial charge in [0.25, 0.3) is 0 Å². The number of aromatic nitrogens is 2. The zero-order valence-electron chi connectivity index (χ0n) is 13.6. The standard InChI is InChI=1S/C17H21ClN4O2/c1-22(17(23)9-3-2-4-10-17)15-14(11-20-16(19)21-15)24-13-7-5-12(18)6-8-13/h5-8,11,23H,2-4,9-10H2,1H3,(H2,19,20,21). The largest absolute Gasteiger partial charge is 0.452 e. The Balaban J connectivity index is 1.91. The van der Waals surface area contributed by atoms with Gasteiger partial charge in [-0.1, -0.05) is 18.0 Å². The van der Waals surface area contributed by atoms with Gasteiger partial charge >= 0.3 is 0 Å². The Morgan fingerprint density at radius 1 is 1.21 bits per heavy atom. The molecule has 2 aromatic rings. The van der Waals surface area contributed by atoms with Gasteiger partial charge in [0.05, 0.1) is 6.20 Å². The molecule has 0 bridgehead atoms. The molecule has 24 heavy (non-hydrogen) atoms. The topological polar surface area (TPSA) is 84.5 Å². The summed E-state index contributed by atoms with van der Waals surface area (Å²) in [5.41, 5.74) is 4.80. The van der Waals surface area contributed by atoms with Gasteiger partial charge in [-0.15, -0.1) is 0 Å². The highest BCUT2D eigenvalue weighted by Gasteiger charge is 2.36. The number of benzene rings is 1. The predicted octanol–water partition coefficient (Wildman–Crippen LogP) is 3.59. The molecule has 128 valence electrons. The van der Waals surface area contributed by atoms with Crippen LogP contribution in [0.3, 0.4) is 0 Å².